The number of unbranched alkanes of at least 4 members (excludes halogenated alkanes) is 2. The van der Waals surface area contributed by atoms with Gasteiger partial charge in [0.05, 0.1) is 28.6 Å². The highest BCUT2D eigenvalue weighted by Crippen LogP contribution is 2.59. The Morgan fingerprint density at radius 1 is 0.979 bits per heavy atom. The van der Waals surface area contributed by atoms with E-state index in [1.54, 1.807) is 41.3 Å². The zero-order chi connectivity index (χ0) is 33.1. The molecular formula is C35H37BrClN3O7. The van der Waals surface area contributed by atoms with Crippen LogP contribution >= 0.6 is 27.5 Å². The van der Waals surface area contributed by atoms with Crippen LogP contribution in [0.25, 0.3) is 0 Å². The maximum absolute atomic E-state index is 14.9. The van der Waals surface area contributed by atoms with Crippen molar-refractivity contribution in [2.75, 3.05) is 31.2 Å². The van der Waals surface area contributed by atoms with Crippen molar-refractivity contribution in [3.8, 4) is 0 Å². The Hall–Kier alpha value is -3.51. The third-order valence-corrected chi connectivity index (χ3v) is 10.3. The molecule has 2 fully saturated rings. The molecule has 2 N–H and O–H groups in total. The second kappa shape index (κ2) is 14.3. The Bertz CT molecular complexity index is 1590. The highest BCUT2D eigenvalue weighted by Gasteiger charge is 2.74. The number of hydrogen-bond donors (Lipinski definition) is 2. The number of nitrogens with one attached hydrogen (secondary N) is 1. The molecule has 4 aliphatic heterocycles. The number of aliphatic hydroxyl groups is 1. The molecule has 2 saturated heterocycles. The molecule has 10 nitrogen and oxygen atoms in total. The number of nitrogens with zero attached hydrogens (tertiary/aromatic N) is 2. The largest absolute Gasteiger partial charge is 0.463 e. The van der Waals surface area contributed by atoms with Crippen LogP contribution in [-0.2, 0) is 28.7 Å². The van der Waals surface area contributed by atoms with E-state index in [0.717, 1.165) is 5.56 Å². The van der Waals surface area contributed by atoms with Gasteiger partial charge in [-0.3, -0.25) is 19.2 Å². The number of para-hydroxylation sites is 1. The topological polar surface area (TPSA) is 125 Å². The molecule has 3 amide bonds. The van der Waals surface area contributed by atoms with Crippen LogP contribution in [0.3, 0.4) is 0 Å². The van der Waals surface area contributed by atoms with Gasteiger partial charge in [0.1, 0.15) is 24.4 Å². The first-order chi connectivity index (χ1) is 22.8. The summed E-state index contributed by atoms with van der Waals surface area (Å²) in [5, 5.41) is 12.8. The summed E-state index contributed by atoms with van der Waals surface area (Å²) in [4.78, 5) is 59.4. The molecular weight excluding hydrogens is 690 g/mol. The number of carbonyl (C=O) groups is 4. The minimum atomic E-state index is -1.41. The predicted octanol–water partition coefficient (Wildman–Crippen LogP) is 4.46. The van der Waals surface area contributed by atoms with Crippen LogP contribution in [0.1, 0.15) is 43.7 Å². The normalized spacial score (nSPS) is 30.2. The fourth-order valence-electron chi connectivity index (χ4n) is 7.15. The number of rotatable bonds is 7. The molecule has 1 spiro atoms. The number of aliphatic hydroxyl groups excluding tert-OH is 1. The molecule has 248 valence electrons. The van der Waals surface area contributed by atoms with E-state index in [2.05, 4.69) is 21.2 Å². The van der Waals surface area contributed by atoms with Gasteiger partial charge in [0.15, 0.2) is 0 Å². The lowest BCUT2D eigenvalue weighted by Crippen LogP contribution is -2.56. The molecule has 0 radical (unpaired) electrons. The van der Waals surface area contributed by atoms with Crippen LogP contribution in [0.2, 0.25) is 5.02 Å². The van der Waals surface area contributed by atoms with E-state index >= 15 is 0 Å². The highest BCUT2D eigenvalue weighted by atomic mass is 79.9. The van der Waals surface area contributed by atoms with Crippen molar-refractivity contribution in [3.63, 3.8) is 0 Å². The molecule has 4 heterocycles. The standard InChI is InChI=1S/C35H37BrClN3O7/c36-23-20-35-29-28(30(23)47-35)32(43)38-25(22-12-4-1-5-13-22)21-46-27(42)16-6-2-9-17-39(26-15-8-7-14-24(26)37)34(45)31(35)40(33(29)44)18-10-3-11-19-41/h1-2,4-5,7-9,12-15,20,25,28-31,41H,3,6,10-11,16-19,21H2,(H,38,43)/b9-2-/t25-,28-,29+,30-,31-,35+/m1/s1. The molecule has 6 rings (SSSR count). The molecule has 47 heavy (non-hydrogen) atoms. The van der Waals surface area contributed by atoms with Crippen LogP contribution < -0.4 is 10.2 Å². The summed E-state index contributed by atoms with van der Waals surface area (Å²) in [5.41, 5.74) is -0.210. The summed E-state index contributed by atoms with van der Waals surface area (Å²) < 4.78 is 12.8. The van der Waals surface area contributed by atoms with E-state index in [0.29, 0.717) is 40.9 Å². The molecule has 4 aliphatic rings. The first-order valence-electron chi connectivity index (χ1n) is 16.0. The van der Waals surface area contributed by atoms with Gasteiger partial charge in [0.2, 0.25) is 11.8 Å². The van der Waals surface area contributed by atoms with E-state index in [-0.39, 0.29) is 38.6 Å². The lowest BCUT2D eigenvalue weighted by atomic mass is 9.74. The zero-order valence-corrected chi connectivity index (χ0v) is 28.1. The van der Waals surface area contributed by atoms with Crippen molar-refractivity contribution in [2.45, 2.75) is 55.9 Å². The number of fused-ring (bicyclic) bond motifs is 2. The monoisotopic (exact) mass is 725 g/mol. The third kappa shape index (κ3) is 6.38. The van der Waals surface area contributed by atoms with E-state index in [9.17, 15) is 24.3 Å². The zero-order valence-electron chi connectivity index (χ0n) is 25.7. The van der Waals surface area contributed by atoms with Crippen molar-refractivity contribution >= 4 is 56.9 Å². The molecule has 0 unspecified atom stereocenters. The number of benzene rings is 2. The van der Waals surface area contributed by atoms with Crippen molar-refractivity contribution in [1.82, 2.24) is 10.2 Å². The van der Waals surface area contributed by atoms with Gasteiger partial charge in [-0.15, -0.1) is 0 Å². The summed E-state index contributed by atoms with van der Waals surface area (Å²) >= 11 is 10.2. The van der Waals surface area contributed by atoms with Crippen molar-refractivity contribution in [1.29, 1.82) is 0 Å². The van der Waals surface area contributed by atoms with Crippen molar-refractivity contribution in [2.24, 2.45) is 11.8 Å². The van der Waals surface area contributed by atoms with Gasteiger partial charge < -0.3 is 29.7 Å². The summed E-state index contributed by atoms with van der Waals surface area (Å²) in [5.74, 6) is -3.53. The fourth-order valence-corrected chi connectivity index (χ4v) is 8.13. The number of anilines is 1. The highest BCUT2D eigenvalue weighted by molar-refractivity contribution is 9.11. The Balaban J connectivity index is 1.44. The average molecular weight is 727 g/mol. The average Bonchev–Trinajstić information content (AvgIpc) is 3.66. The molecule has 0 aromatic heterocycles. The van der Waals surface area contributed by atoms with Gasteiger partial charge in [-0.25, -0.2) is 0 Å². The summed E-state index contributed by atoms with van der Waals surface area (Å²) in [6, 6.07) is 14.4. The lowest BCUT2D eigenvalue weighted by Gasteiger charge is -2.36. The van der Waals surface area contributed by atoms with Crippen LogP contribution in [0.15, 0.2) is 77.3 Å². The third-order valence-electron chi connectivity index (χ3n) is 9.33. The van der Waals surface area contributed by atoms with Crippen molar-refractivity contribution < 1.29 is 33.8 Å². The molecule has 6 atom stereocenters. The van der Waals surface area contributed by atoms with Gasteiger partial charge in [-0.1, -0.05) is 82.1 Å². The predicted molar refractivity (Wildman–Crippen MR) is 178 cm³/mol. The Morgan fingerprint density at radius 3 is 2.51 bits per heavy atom. The summed E-state index contributed by atoms with van der Waals surface area (Å²) in [6.45, 7) is 0.303. The van der Waals surface area contributed by atoms with Crippen LogP contribution in [-0.4, -0.2) is 77.7 Å². The second-order valence-electron chi connectivity index (χ2n) is 12.2. The number of hydrogen-bond acceptors (Lipinski definition) is 7. The SMILES string of the molecule is O=C1CC/C=C\CN(c2ccccc2Cl)C(=O)[C@H]2N(CCCCCO)C(=O)[C@@H]3[C@@H](C(=O)N[C@@H](c4ccccc4)CO1)[C@@H]1O[C@@]32C=C1Br. The molecule has 0 aliphatic carbocycles. The minimum absolute atomic E-state index is 0.0239. The van der Waals surface area contributed by atoms with E-state index in [4.69, 9.17) is 21.1 Å². The lowest BCUT2D eigenvalue weighted by molar-refractivity contribution is -0.145. The van der Waals surface area contributed by atoms with E-state index < -0.39 is 53.4 Å². The number of carbonyl (C=O) groups excluding carboxylic acids is 4. The molecule has 5 bridgehead atoms. The molecule has 2 aromatic rings. The number of esters is 1. The van der Waals surface area contributed by atoms with Crippen LogP contribution in [0.4, 0.5) is 5.69 Å². The van der Waals surface area contributed by atoms with E-state index in [1.807, 2.05) is 36.4 Å². The van der Waals surface area contributed by atoms with Crippen molar-refractivity contribution in [3.05, 3.63) is 87.9 Å². The number of allylic oxidation sites excluding steroid dienone is 1. The Kier molecular flexibility index (Phi) is 10.2. The minimum Gasteiger partial charge on any atom is -0.463 e. The molecule has 12 heteroatoms. The molecule has 2 aromatic carbocycles. The molecule has 0 saturated carbocycles. The number of halogens is 2. The van der Waals surface area contributed by atoms with Crippen LogP contribution in [0.5, 0.6) is 0 Å². The Labute approximate surface area is 286 Å². The maximum Gasteiger partial charge on any atom is 0.306 e. The number of cyclic esters (lactones) is 1. The number of amides is 3. The van der Waals surface area contributed by atoms with Gasteiger partial charge in [-0.05, 0) is 49.5 Å². The van der Waals surface area contributed by atoms with Gasteiger partial charge in [0.25, 0.3) is 5.91 Å². The van der Waals surface area contributed by atoms with E-state index in [1.165, 1.54) is 4.90 Å². The number of likely N-dealkylation sites (tertiary alicyclic amines) is 1. The maximum atomic E-state index is 14.9. The second-order valence-corrected chi connectivity index (χ2v) is 13.5. The van der Waals surface area contributed by atoms with Crippen LogP contribution in [0, 0.1) is 11.8 Å². The first-order valence-corrected chi connectivity index (χ1v) is 17.1. The van der Waals surface area contributed by atoms with Gasteiger partial charge in [0, 0.05) is 30.6 Å². The summed E-state index contributed by atoms with van der Waals surface area (Å²) in [7, 11) is 0. The fraction of sp³-hybridized carbons (Fsp3) is 0.429. The first kappa shape index (κ1) is 33.4. The quantitative estimate of drug-likeness (QED) is 0.245. The number of ether oxygens (including phenoxy) is 2. The van der Waals surface area contributed by atoms with Gasteiger partial charge in [-0.2, -0.15) is 0 Å². The Morgan fingerprint density at radius 2 is 1.74 bits per heavy atom. The van der Waals surface area contributed by atoms with Gasteiger partial charge >= 0.3 is 5.97 Å². The summed E-state index contributed by atoms with van der Waals surface area (Å²) in [6.07, 6.45) is 6.86. The smallest absolute Gasteiger partial charge is 0.306 e.